The summed E-state index contributed by atoms with van der Waals surface area (Å²) in [6, 6.07) is 9.52. The summed E-state index contributed by atoms with van der Waals surface area (Å²) < 4.78 is 55.4. The number of H-pyrrole nitrogens is 1. The van der Waals surface area contributed by atoms with Gasteiger partial charge in [-0.1, -0.05) is 19.1 Å². The molecule has 2 aromatic heterocycles. The summed E-state index contributed by atoms with van der Waals surface area (Å²) in [7, 11) is 0. The van der Waals surface area contributed by atoms with Crippen LogP contribution in [0.2, 0.25) is 0 Å². The van der Waals surface area contributed by atoms with Crippen molar-refractivity contribution in [1.29, 1.82) is 0 Å². The quantitative estimate of drug-likeness (QED) is 0.557. The maximum absolute atomic E-state index is 14.0. The number of nitrogens with one attached hydrogen (secondary N) is 2. The minimum Gasteiger partial charge on any atom is -0.357 e. The van der Waals surface area contributed by atoms with Gasteiger partial charge >= 0.3 is 6.18 Å². The van der Waals surface area contributed by atoms with E-state index in [2.05, 4.69) is 25.5 Å². The van der Waals surface area contributed by atoms with Crippen molar-refractivity contribution < 1.29 is 17.6 Å². The highest BCUT2D eigenvalue weighted by atomic mass is 19.4. The highest BCUT2D eigenvalue weighted by Crippen LogP contribution is 2.42. The summed E-state index contributed by atoms with van der Waals surface area (Å²) in [5.74, 6) is -0.115. The third-order valence-corrected chi connectivity index (χ3v) is 6.14. The fourth-order valence-electron chi connectivity index (χ4n) is 4.53. The van der Waals surface area contributed by atoms with Gasteiger partial charge in [0.1, 0.15) is 11.7 Å². The van der Waals surface area contributed by atoms with Gasteiger partial charge in [0.15, 0.2) is 5.65 Å². The van der Waals surface area contributed by atoms with Crippen molar-refractivity contribution in [2.45, 2.75) is 25.6 Å². The molecular weight excluding hydrogens is 436 g/mol. The van der Waals surface area contributed by atoms with Gasteiger partial charge < -0.3 is 10.2 Å². The van der Waals surface area contributed by atoms with Crippen molar-refractivity contribution in [2.24, 2.45) is 10.9 Å². The van der Waals surface area contributed by atoms with Crippen LogP contribution < -0.4 is 5.32 Å². The van der Waals surface area contributed by atoms with Crippen molar-refractivity contribution in [3.63, 3.8) is 0 Å². The van der Waals surface area contributed by atoms with Crippen LogP contribution in [0.25, 0.3) is 16.7 Å². The monoisotopic (exact) mass is 458 g/mol. The van der Waals surface area contributed by atoms with Crippen molar-refractivity contribution in [2.75, 3.05) is 19.6 Å². The van der Waals surface area contributed by atoms with E-state index in [1.807, 2.05) is 4.90 Å². The summed E-state index contributed by atoms with van der Waals surface area (Å²) in [5.41, 5.74) is 0.680. The number of hydrogen-bond acceptors (Lipinski definition) is 5. The van der Waals surface area contributed by atoms with E-state index in [9.17, 15) is 17.6 Å². The Morgan fingerprint density at radius 1 is 1.12 bits per heavy atom. The first kappa shape index (κ1) is 21.6. The summed E-state index contributed by atoms with van der Waals surface area (Å²) >= 11 is 0. The lowest BCUT2D eigenvalue weighted by atomic mass is 9.92. The number of aromatic nitrogens is 3. The Balaban J connectivity index is 1.54. The van der Waals surface area contributed by atoms with Crippen LogP contribution >= 0.6 is 0 Å². The number of benzene rings is 1. The number of rotatable bonds is 2. The average molecular weight is 458 g/mol. The molecule has 0 bridgehead atoms. The number of nitrogens with zero attached hydrogens (tertiary/aromatic N) is 4. The molecule has 4 heterocycles. The molecule has 0 amide bonds. The number of halogens is 4. The molecule has 1 fully saturated rings. The summed E-state index contributed by atoms with van der Waals surface area (Å²) in [6.07, 6.45) is -3.15. The minimum atomic E-state index is -4.52. The number of amidine groups is 1. The lowest BCUT2D eigenvalue weighted by Gasteiger charge is -2.39. The zero-order valence-corrected chi connectivity index (χ0v) is 17.8. The first-order chi connectivity index (χ1) is 15.8. The smallest absolute Gasteiger partial charge is 0.357 e. The third kappa shape index (κ3) is 4.10. The van der Waals surface area contributed by atoms with E-state index in [1.165, 1.54) is 12.1 Å². The molecule has 0 saturated carbocycles. The molecule has 2 N–H and O–H groups in total. The number of fused-ring (bicyclic) bond motifs is 1. The number of hydrogen-bond donors (Lipinski definition) is 2. The summed E-state index contributed by atoms with van der Waals surface area (Å²) in [4.78, 5) is 10.7. The molecule has 1 aromatic carbocycles. The van der Waals surface area contributed by atoms with E-state index in [-0.39, 0.29) is 29.7 Å². The molecule has 33 heavy (non-hydrogen) atoms. The van der Waals surface area contributed by atoms with E-state index < -0.39 is 17.7 Å². The Hall–Kier alpha value is -3.27. The number of allylic oxidation sites excluding steroid dienone is 1. The molecule has 2 atom stereocenters. The van der Waals surface area contributed by atoms with Crippen LogP contribution in [0.4, 0.5) is 17.6 Å². The van der Waals surface area contributed by atoms with Crippen LogP contribution in [0, 0.1) is 11.7 Å². The lowest BCUT2D eigenvalue weighted by Crippen LogP contribution is -2.50. The van der Waals surface area contributed by atoms with E-state index in [0.29, 0.717) is 36.5 Å². The van der Waals surface area contributed by atoms with Crippen LogP contribution in [-0.4, -0.2) is 51.7 Å². The van der Waals surface area contributed by atoms with Crippen molar-refractivity contribution in [3.05, 3.63) is 65.2 Å². The van der Waals surface area contributed by atoms with Crippen LogP contribution in [0.5, 0.6) is 0 Å². The summed E-state index contributed by atoms with van der Waals surface area (Å²) in [5, 5.41) is 10.7. The van der Waals surface area contributed by atoms with Crippen molar-refractivity contribution >= 4 is 22.6 Å². The molecule has 0 spiro atoms. The average Bonchev–Trinajstić information content (AvgIpc) is 3.23. The maximum atomic E-state index is 14.0. The van der Waals surface area contributed by atoms with Crippen LogP contribution in [-0.2, 0) is 0 Å². The lowest BCUT2D eigenvalue weighted by molar-refractivity contribution is -0.0943. The first-order valence-corrected chi connectivity index (χ1v) is 10.7. The van der Waals surface area contributed by atoms with Gasteiger partial charge in [-0.05, 0) is 36.2 Å². The fourth-order valence-corrected chi connectivity index (χ4v) is 4.53. The molecule has 5 rings (SSSR count). The highest BCUT2D eigenvalue weighted by Gasteiger charge is 2.42. The molecule has 2 unspecified atom stereocenters. The van der Waals surface area contributed by atoms with Gasteiger partial charge in [-0.15, -0.1) is 0 Å². The van der Waals surface area contributed by atoms with Gasteiger partial charge in [0, 0.05) is 43.2 Å². The molecule has 0 aliphatic carbocycles. The van der Waals surface area contributed by atoms with Crippen LogP contribution in [0.1, 0.15) is 30.6 Å². The maximum Gasteiger partial charge on any atom is 0.414 e. The van der Waals surface area contributed by atoms with Crippen molar-refractivity contribution in [1.82, 2.24) is 25.4 Å². The molecule has 2 aliphatic heterocycles. The molecule has 10 heteroatoms. The van der Waals surface area contributed by atoms with Crippen LogP contribution in [0.15, 0.2) is 53.2 Å². The standard InChI is InChI=1S/C23H22F4N6/c1-13-11-17(23(25,26)27)20(19-16-3-2-8-29-21(16)32-31-19)30-22(13)33-10-9-28-18(12-33)14-4-6-15(24)7-5-14/h2-8,13,18,28H,9-12H2,1H3,(H,29,31,32). The Bertz CT molecular complexity index is 1230. The van der Waals surface area contributed by atoms with Gasteiger partial charge in [-0.2, -0.15) is 18.3 Å². The Kier molecular flexibility index (Phi) is 5.40. The molecule has 3 aromatic rings. The molecule has 1 saturated heterocycles. The largest absolute Gasteiger partial charge is 0.414 e. The Morgan fingerprint density at radius 2 is 1.91 bits per heavy atom. The highest BCUT2D eigenvalue weighted by molar-refractivity contribution is 5.97. The predicted octanol–water partition coefficient (Wildman–Crippen LogP) is 4.46. The fraction of sp³-hybridized carbons (Fsp3) is 0.348. The molecule has 0 radical (unpaired) electrons. The number of pyridine rings is 1. The molecular formula is C23H22F4N6. The van der Waals surface area contributed by atoms with Crippen molar-refractivity contribution in [3.8, 4) is 0 Å². The second-order valence-electron chi connectivity index (χ2n) is 8.38. The molecule has 2 aliphatic rings. The predicted molar refractivity (Wildman–Crippen MR) is 117 cm³/mol. The normalized spacial score (nSPS) is 22.1. The second kappa shape index (κ2) is 8.26. The number of aliphatic imine (C=N–C) groups is 1. The number of aromatic amines is 1. The van der Waals surface area contributed by atoms with Crippen LogP contribution in [0.3, 0.4) is 0 Å². The van der Waals surface area contributed by atoms with E-state index >= 15 is 0 Å². The molecule has 6 nitrogen and oxygen atoms in total. The zero-order chi connectivity index (χ0) is 23.2. The zero-order valence-electron chi connectivity index (χ0n) is 17.8. The van der Waals surface area contributed by atoms with Gasteiger partial charge in [0.2, 0.25) is 0 Å². The van der Waals surface area contributed by atoms with E-state index in [0.717, 1.165) is 5.56 Å². The summed E-state index contributed by atoms with van der Waals surface area (Å²) in [6.45, 7) is 3.54. The third-order valence-electron chi connectivity index (χ3n) is 6.14. The van der Waals surface area contributed by atoms with Gasteiger partial charge in [-0.25, -0.2) is 14.4 Å². The van der Waals surface area contributed by atoms with Gasteiger partial charge in [0.25, 0.3) is 0 Å². The Labute approximate surface area is 187 Å². The minimum absolute atomic E-state index is 0.0807. The number of piperazine rings is 1. The first-order valence-electron chi connectivity index (χ1n) is 10.7. The number of alkyl halides is 3. The molecule has 172 valence electrons. The van der Waals surface area contributed by atoms with E-state index in [1.54, 1.807) is 37.4 Å². The topological polar surface area (TPSA) is 69.2 Å². The van der Waals surface area contributed by atoms with E-state index in [4.69, 9.17) is 0 Å². The van der Waals surface area contributed by atoms with Gasteiger partial charge in [0.05, 0.1) is 17.0 Å². The Morgan fingerprint density at radius 3 is 2.67 bits per heavy atom. The second-order valence-corrected chi connectivity index (χ2v) is 8.38. The van der Waals surface area contributed by atoms with Gasteiger partial charge in [-0.3, -0.25) is 5.10 Å². The SMILES string of the molecule is CC1CC(C(F)(F)F)=C(c2[nH]nc3ncccc23)N=C1N1CCNC(c2ccc(F)cc2)C1.